The monoisotopic (exact) mass is 541 g/mol. The molecule has 0 fully saturated rings. The molecule has 0 spiro atoms. The minimum Gasteiger partial charge on any atom is -0.496 e. The van der Waals surface area contributed by atoms with Crippen molar-refractivity contribution in [3.05, 3.63) is 41.9 Å². The van der Waals surface area contributed by atoms with Gasteiger partial charge in [-0.25, -0.2) is 0 Å². The molecular formula is C27H35NO7Si2. The van der Waals surface area contributed by atoms with Gasteiger partial charge in [-0.3, -0.25) is 9.59 Å². The maximum atomic E-state index is 13.1. The maximum absolute atomic E-state index is 13.1. The third-order valence-corrected chi connectivity index (χ3v) is 14.8. The van der Waals surface area contributed by atoms with Gasteiger partial charge in [0, 0.05) is 12.1 Å². The first-order valence-electron chi connectivity index (χ1n) is 12.3. The van der Waals surface area contributed by atoms with Gasteiger partial charge in [-0.2, -0.15) is 0 Å². The Balaban J connectivity index is 1.54. The topological polar surface area (TPSA) is 92.3 Å². The number of aryl methyl sites for hydroxylation is 1. The molecule has 2 aromatic rings. The summed E-state index contributed by atoms with van der Waals surface area (Å²) in [4.78, 5) is 25.8. The van der Waals surface area contributed by atoms with E-state index in [9.17, 15) is 9.59 Å². The number of ketones is 1. The third kappa shape index (κ3) is 5.12. The predicted octanol–water partition coefficient (Wildman–Crippen LogP) is 3.69. The number of anilines is 1. The molecule has 2 aromatic carbocycles. The molecule has 1 unspecified atom stereocenters. The van der Waals surface area contributed by atoms with Crippen molar-refractivity contribution in [2.75, 3.05) is 26.6 Å². The number of carbonyl (C=O) groups is 2. The molecule has 2 aliphatic heterocycles. The normalized spacial score (nSPS) is 19.3. The highest BCUT2D eigenvalue weighted by Crippen LogP contribution is 2.39. The molecule has 0 saturated carbocycles. The minimum absolute atomic E-state index is 0.00801. The number of carbonyl (C=O) groups excluding carboxylic acids is 2. The van der Waals surface area contributed by atoms with Crippen LogP contribution in [0.5, 0.6) is 23.0 Å². The number of benzene rings is 2. The van der Waals surface area contributed by atoms with E-state index in [0.29, 0.717) is 23.0 Å². The largest absolute Gasteiger partial charge is 0.496 e. The van der Waals surface area contributed by atoms with Crippen molar-refractivity contribution in [3.63, 3.8) is 0 Å². The lowest BCUT2D eigenvalue weighted by atomic mass is 10.2. The van der Waals surface area contributed by atoms with Crippen molar-refractivity contribution < 1.29 is 33.3 Å². The van der Waals surface area contributed by atoms with E-state index >= 15 is 0 Å². The molecule has 4 rings (SSSR count). The van der Waals surface area contributed by atoms with E-state index in [1.54, 1.807) is 12.1 Å². The van der Waals surface area contributed by atoms with Crippen molar-refractivity contribution in [1.29, 1.82) is 0 Å². The van der Waals surface area contributed by atoms with Crippen molar-refractivity contribution in [1.82, 2.24) is 0 Å². The third-order valence-electron chi connectivity index (χ3n) is 7.31. The van der Waals surface area contributed by atoms with Crippen molar-refractivity contribution >= 4 is 43.9 Å². The van der Waals surface area contributed by atoms with E-state index in [1.807, 2.05) is 6.92 Å². The number of amides is 1. The van der Waals surface area contributed by atoms with Crippen LogP contribution in [0.2, 0.25) is 38.3 Å². The number of fused-ring (bicyclic) bond motifs is 1. The summed E-state index contributed by atoms with van der Waals surface area (Å²) in [5.41, 5.74) is 1.26. The molecule has 2 aliphatic rings. The summed E-state index contributed by atoms with van der Waals surface area (Å²) in [5.74, 6) is 0.640. The Hall–Kier alpha value is -3.25. The number of ether oxygens (including phenoxy) is 5. The minimum atomic E-state index is -1.59. The van der Waals surface area contributed by atoms with Gasteiger partial charge in [-0.05, 0) is 18.6 Å². The smallest absolute Gasteiger partial charge is 0.289 e. The Morgan fingerprint density at radius 1 is 0.892 bits per heavy atom. The summed E-state index contributed by atoms with van der Waals surface area (Å²) in [6, 6.07) is 10.2. The highest BCUT2D eigenvalue weighted by atomic mass is 28.3. The van der Waals surface area contributed by atoms with Crippen LogP contribution < -0.4 is 34.6 Å². The lowest BCUT2D eigenvalue weighted by Gasteiger charge is -2.40. The van der Waals surface area contributed by atoms with E-state index in [2.05, 4.69) is 43.6 Å². The van der Waals surface area contributed by atoms with Gasteiger partial charge in [-0.1, -0.05) is 54.7 Å². The Bertz CT molecular complexity index is 1260. The zero-order valence-electron chi connectivity index (χ0n) is 22.7. The Kier molecular flexibility index (Phi) is 7.17. The fourth-order valence-corrected chi connectivity index (χ4v) is 15.2. The summed E-state index contributed by atoms with van der Waals surface area (Å²) in [7, 11) is 1.35. The highest BCUT2D eigenvalue weighted by Gasteiger charge is 2.41. The quantitative estimate of drug-likeness (QED) is 0.422. The van der Waals surface area contributed by atoms with E-state index < -0.39 is 33.9 Å². The summed E-state index contributed by atoms with van der Waals surface area (Å²) < 4.78 is 27.8. The number of hydrogen-bond acceptors (Lipinski definition) is 7. The zero-order valence-corrected chi connectivity index (χ0v) is 24.7. The molecule has 1 amide bonds. The SMILES string of the molecule is COc1cc(OC)c(NC(=O)C2OC(Oc3cc4c(cc3C)[Si](C)(C)CC[Si]4(C)C)=CC2=O)c(OC)c1. The Morgan fingerprint density at radius 3 is 2.00 bits per heavy atom. The Morgan fingerprint density at radius 2 is 1.46 bits per heavy atom. The zero-order chi connectivity index (χ0) is 27.1. The molecule has 0 aromatic heterocycles. The molecular weight excluding hydrogens is 506 g/mol. The van der Waals surface area contributed by atoms with Crippen molar-refractivity contribution in [2.45, 2.75) is 51.3 Å². The van der Waals surface area contributed by atoms with E-state index in [0.717, 1.165) is 5.56 Å². The molecule has 1 N–H and O–H groups in total. The predicted molar refractivity (Wildman–Crippen MR) is 148 cm³/mol. The number of rotatable bonds is 7. The number of hydrogen-bond donors (Lipinski definition) is 1. The number of nitrogens with one attached hydrogen (secondary N) is 1. The van der Waals surface area contributed by atoms with Gasteiger partial charge in [0.2, 0.25) is 11.9 Å². The van der Waals surface area contributed by atoms with Crippen LogP contribution in [0.15, 0.2) is 36.3 Å². The first-order valence-corrected chi connectivity index (χ1v) is 18.7. The second kappa shape index (κ2) is 9.90. The first kappa shape index (κ1) is 26.8. The molecule has 0 radical (unpaired) electrons. The lowest BCUT2D eigenvalue weighted by molar-refractivity contribution is -0.134. The van der Waals surface area contributed by atoms with Gasteiger partial charge in [0.25, 0.3) is 11.9 Å². The Labute approximate surface area is 219 Å². The molecule has 37 heavy (non-hydrogen) atoms. The fourth-order valence-electron chi connectivity index (χ4n) is 4.87. The molecule has 0 bridgehead atoms. The molecule has 2 heterocycles. The van der Waals surface area contributed by atoms with Crippen LogP contribution >= 0.6 is 0 Å². The van der Waals surface area contributed by atoms with Crippen LogP contribution in [0, 0.1) is 6.92 Å². The highest BCUT2D eigenvalue weighted by molar-refractivity contribution is 7.03. The molecule has 8 nitrogen and oxygen atoms in total. The van der Waals surface area contributed by atoms with Crippen LogP contribution in [0.1, 0.15) is 5.56 Å². The molecule has 1 atom stereocenters. The van der Waals surface area contributed by atoms with Crippen LogP contribution in [0.4, 0.5) is 5.69 Å². The van der Waals surface area contributed by atoms with Crippen LogP contribution in [-0.4, -0.2) is 55.3 Å². The van der Waals surface area contributed by atoms with Gasteiger partial charge in [0.05, 0.1) is 43.6 Å². The van der Waals surface area contributed by atoms with Gasteiger partial charge in [0.1, 0.15) is 28.7 Å². The number of methoxy groups -OCH3 is 3. The second-order valence-electron chi connectivity index (χ2n) is 10.8. The molecule has 10 heteroatoms. The van der Waals surface area contributed by atoms with E-state index in [-0.39, 0.29) is 11.6 Å². The fraction of sp³-hybridized carbons (Fsp3) is 0.407. The lowest BCUT2D eigenvalue weighted by Crippen LogP contribution is -2.63. The molecule has 0 aliphatic carbocycles. The molecule has 0 saturated heterocycles. The van der Waals surface area contributed by atoms with Crippen LogP contribution in [-0.2, 0) is 14.3 Å². The summed E-state index contributed by atoms with van der Waals surface area (Å²) in [6.07, 6.45) is -0.158. The van der Waals surface area contributed by atoms with Gasteiger partial charge in [-0.15, -0.1) is 0 Å². The van der Waals surface area contributed by atoms with Gasteiger partial charge >= 0.3 is 0 Å². The maximum Gasteiger partial charge on any atom is 0.289 e. The van der Waals surface area contributed by atoms with Crippen LogP contribution in [0.25, 0.3) is 0 Å². The summed E-state index contributed by atoms with van der Waals surface area (Å²) >= 11 is 0. The van der Waals surface area contributed by atoms with E-state index in [1.165, 1.54) is 49.9 Å². The average molecular weight is 542 g/mol. The first-order chi connectivity index (χ1) is 17.4. The summed E-state index contributed by atoms with van der Waals surface area (Å²) in [6.45, 7) is 11.6. The molecule has 198 valence electrons. The van der Waals surface area contributed by atoms with Crippen molar-refractivity contribution in [3.8, 4) is 23.0 Å². The standard InChI is InChI=1S/C27H35NO7Si2/c1-16-11-22-23(37(7,8)10-9-36(22,5)6)15-19(16)34-24-14-18(29)26(35-24)27(30)28-25-20(32-3)12-17(31-2)13-21(25)33-4/h11-15,26H,9-10H2,1-8H3,(H,28,30). The van der Waals surface area contributed by atoms with Gasteiger partial charge in [0.15, 0.2) is 0 Å². The average Bonchev–Trinajstić information content (AvgIpc) is 3.22. The van der Waals surface area contributed by atoms with E-state index in [4.69, 9.17) is 23.7 Å². The van der Waals surface area contributed by atoms with Crippen LogP contribution in [0.3, 0.4) is 0 Å². The summed E-state index contributed by atoms with van der Waals surface area (Å²) in [5, 5.41) is 5.63. The second-order valence-corrected chi connectivity index (χ2v) is 20.4. The van der Waals surface area contributed by atoms with Crippen molar-refractivity contribution in [2.24, 2.45) is 0 Å². The van der Waals surface area contributed by atoms with Gasteiger partial charge < -0.3 is 29.0 Å².